The molecule has 0 aromatic heterocycles. The molecule has 158 valence electrons. The lowest BCUT2D eigenvalue weighted by atomic mass is 10.1. The molecule has 0 radical (unpaired) electrons. The van der Waals surface area contributed by atoms with Crippen molar-refractivity contribution in [3.8, 4) is 11.5 Å². The first-order chi connectivity index (χ1) is 14.7. The maximum Gasteiger partial charge on any atom is 0.127 e. The summed E-state index contributed by atoms with van der Waals surface area (Å²) < 4.78 is 11.4. The number of methoxy groups -OCH3 is 1. The molecule has 0 bridgehead atoms. The monoisotopic (exact) mass is 406 g/mol. The van der Waals surface area contributed by atoms with E-state index in [1.807, 2.05) is 36.4 Å². The molecule has 5 nitrogen and oxygen atoms in total. The number of para-hydroxylation sites is 1. The van der Waals surface area contributed by atoms with Crippen LogP contribution >= 0.6 is 0 Å². The van der Waals surface area contributed by atoms with Crippen LogP contribution in [0.5, 0.6) is 11.5 Å². The highest BCUT2D eigenvalue weighted by Crippen LogP contribution is 2.25. The molecule has 0 amide bonds. The Morgan fingerprint density at radius 1 is 0.833 bits per heavy atom. The highest BCUT2D eigenvalue weighted by atomic mass is 16.5. The maximum absolute atomic E-state index is 10.5. The maximum atomic E-state index is 10.5. The summed E-state index contributed by atoms with van der Waals surface area (Å²) in [4.78, 5) is 4.75. The van der Waals surface area contributed by atoms with Crippen molar-refractivity contribution in [1.29, 1.82) is 0 Å². The van der Waals surface area contributed by atoms with Crippen LogP contribution < -0.4 is 9.47 Å². The molecule has 5 heteroatoms. The zero-order valence-electron chi connectivity index (χ0n) is 17.5. The van der Waals surface area contributed by atoms with Gasteiger partial charge in [0.25, 0.3) is 0 Å². The highest BCUT2D eigenvalue weighted by Gasteiger charge is 2.20. The summed E-state index contributed by atoms with van der Waals surface area (Å²) in [5.74, 6) is 1.77. The van der Waals surface area contributed by atoms with Crippen molar-refractivity contribution in [3.63, 3.8) is 0 Å². The third-order valence-corrected chi connectivity index (χ3v) is 5.70. The number of piperazine rings is 1. The van der Waals surface area contributed by atoms with Gasteiger partial charge in [-0.1, -0.05) is 54.6 Å². The summed E-state index contributed by atoms with van der Waals surface area (Å²) in [7, 11) is 1.72. The number of aliphatic hydroxyl groups is 1. The van der Waals surface area contributed by atoms with E-state index in [2.05, 4.69) is 40.1 Å². The summed E-state index contributed by atoms with van der Waals surface area (Å²) in [6, 6.07) is 22.4. The van der Waals surface area contributed by atoms with Crippen molar-refractivity contribution in [2.45, 2.75) is 12.6 Å². The average Bonchev–Trinajstić information content (AvgIpc) is 2.79. The first-order valence-corrected chi connectivity index (χ1v) is 10.6. The number of rotatable bonds is 8. The number of hydrogen-bond acceptors (Lipinski definition) is 5. The van der Waals surface area contributed by atoms with E-state index < -0.39 is 6.10 Å². The summed E-state index contributed by atoms with van der Waals surface area (Å²) in [5, 5.41) is 12.7. The smallest absolute Gasteiger partial charge is 0.127 e. The molecule has 1 fully saturated rings. The highest BCUT2D eigenvalue weighted by molar-refractivity contribution is 5.88. The van der Waals surface area contributed by atoms with Gasteiger partial charge in [-0.3, -0.25) is 9.80 Å². The van der Waals surface area contributed by atoms with E-state index >= 15 is 0 Å². The second-order valence-electron chi connectivity index (χ2n) is 7.83. The van der Waals surface area contributed by atoms with Crippen LogP contribution in [0.1, 0.15) is 5.56 Å². The Labute approximate surface area is 178 Å². The molecule has 3 aromatic rings. The normalized spacial score (nSPS) is 16.5. The molecular formula is C25H30N2O3. The fraction of sp³-hybridized carbons (Fsp3) is 0.360. The molecule has 1 N–H and O–H groups in total. The Bertz CT molecular complexity index is 949. The molecule has 3 aromatic carbocycles. The molecule has 4 rings (SSSR count). The molecular weight excluding hydrogens is 376 g/mol. The molecule has 1 atom stereocenters. The van der Waals surface area contributed by atoms with E-state index in [9.17, 15) is 5.11 Å². The zero-order valence-corrected chi connectivity index (χ0v) is 17.5. The van der Waals surface area contributed by atoms with Gasteiger partial charge in [-0.2, -0.15) is 0 Å². The number of nitrogens with zero attached hydrogens (tertiary/aromatic N) is 2. The Balaban J connectivity index is 1.24. The average molecular weight is 407 g/mol. The Morgan fingerprint density at radius 3 is 2.33 bits per heavy atom. The molecule has 1 unspecified atom stereocenters. The molecule has 1 saturated heterocycles. The second kappa shape index (κ2) is 9.94. The Kier molecular flexibility index (Phi) is 6.84. The molecule has 0 saturated carbocycles. The van der Waals surface area contributed by atoms with Gasteiger partial charge in [-0.15, -0.1) is 0 Å². The van der Waals surface area contributed by atoms with Crippen LogP contribution in [-0.2, 0) is 6.54 Å². The zero-order chi connectivity index (χ0) is 20.8. The van der Waals surface area contributed by atoms with Crippen LogP contribution in [0.25, 0.3) is 10.8 Å². The lowest BCUT2D eigenvalue weighted by molar-refractivity contribution is 0.0448. The molecule has 1 aliphatic heterocycles. The fourth-order valence-electron chi connectivity index (χ4n) is 4.06. The Morgan fingerprint density at radius 2 is 1.50 bits per heavy atom. The van der Waals surface area contributed by atoms with Crippen molar-refractivity contribution in [1.82, 2.24) is 9.80 Å². The van der Waals surface area contributed by atoms with E-state index in [4.69, 9.17) is 9.47 Å². The third-order valence-electron chi connectivity index (χ3n) is 5.70. The molecule has 1 heterocycles. The van der Waals surface area contributed by atoms with Crippen LogP contribution in [-0.4, -0.2) is 67.5 Å². The molecule has 0 aliphatic carbocycles. The van der Waals surface area contributed by atoms with Crippen molar-refractivity contribution < 1.29 is 14.6 Å². The minimum Gasteiger partial charge on any atom is -0.496 e. The largest absolute Gasteiger partial charge is 0.496 e. The topological polar surface area (TPSA) is 45.2 Å². The van der Waals surface area contributed by atoms with Gasteiger partial charge < -0.3 is 14.6 Å². The first-order valence-electron chi connectivity index (χ1n) is 10.6. The van der Waals surface area contributed by atoms with E-state index in [0.29, 0.717) is 13.2 Å². The molecule has 1 aliphatic rings. The summed E-state index contributed by atoms with van der Waals surface area (Å²) in [5.41, 5.74) is 1.22. The summed E-state index contributed by atoms with van der Waals surface area (Å²) in [6.07, 6.45) is -0.510. The van der Waals surface area contributed by atoms with Crippen LogP contribution in [0.3, 0.4) is 0 Å². The van der Waals surface area contributed by atoms with Crippen LogP contribution in [0.15, 0.2) is 66.7 Å². The predicted octanol–water partition coefficient (Wildman–Crippen LogP) is 3.41. The van der Waals surface area contributed by atoms with Crippen molar-refractivity contribution in [2.75, 3.05) is 46.4 Å². The lowest BCUT2D eigenvalue weighted by Gasteiger charge is -2.35. The lowest BCUT2D eigenvalue weighted by Crippen LogP contribution is -2.48. The van der Waals surface area contributed by atoms with E-state index in [-0.39, 0.29) is 0 Å². The van der Waals surface area contributed by atoms with Crippen molar-refractivity contribution >= 4 is 10.8 Å². The number of benzene rings is 3. The summed E-state index contributed by atoms with van der Waals surface area (Å²) in [6.45, 7) is 5.68. The minimum absolute atomic E-state index is 0.301. The Hall–Kier alpha value is -2.60. The van der Waals surface area contributed by atoms with Crippen molar-refractivity contribution in [3.05, 3.63) is 72.3 Å². The number of fused-ring (bicyclic) bond motifs is 1. The minimum atomic E-state index is -0.510. The fourth-order valence-corrected chi connectivity index (χ4v) is 4.06. The van der Waals surface area contributed by atoms with E-state index in [1.54, 1.807) is 7.11 Å². The van der Waals surface area contributed by atoms with Crippen LogP contribution in [0, 0.1) is 0 Å². The first kappa shape index (κ1) is 20.7. The van der Waals surface area contributed by atoms with Gasteiger partial charge in [-0.25, -0.2) is 0 Å². The standard InChI is InChI=1S/C25H30N2O3/c1-29-24-11-5-3-8-21(24)17-26-13-15-27(16-14-26)18-22(28)19-30-25-12-6-9-20-7-2-4-10-23(20)25/h2-12,22,28H,13-19H2,1H3. The molecule has 0 spiro atoms. The number of ether oxygens (including phenoxy) is 2. The van der Waals surface area contributed by atoms with Gasteiger partial charge in [0.15, 0.2) is 0 Å². The van der Waals surface area contributed by atoms with Gasteiger partial charge in [0.05, 0.1) is 7.11 Å². The van der Waals surface area contributed by atoms with E-state index in [1.165, 1.54) is 5.56 Å². The number of aliphatic hydroxyl groups excluding tert-OH is 1. The van der Waals surface area contributed by atoms with Gasteiger partial charge in [-0.05, 0) is 17.5 Å². The van der Waals surface area contributed by atoms with Gasteiger partial charge in [0.1, 0.15) is 24.2 Å². The second-order valence-corrected chi connectivity index (χ2v) is 7.83. The summed E-state index contributed by atoms with van der Waals surface area (Å²) >= 11 is 0. The van der Waals surface area contributed by atoms with Gasteiger partial charge >= 0.3 is 0 Å². The quantitative estimate of drug-likeness (QED) is 0.621. The third kappa shape index (κ3) is 5.11. The van der Waals surface area contributed by atoms with Crippen molar-refractivity contribution in [2.24, 2.45) is 0 Å². The van der Waals surface area contributed by atoms with Crippen LogP contribution in [0.2, 0.25) is 0 Å². The van der Waals surface area contributed by atoms with E-state index in [0.717, 1.165) is 55.0 Å². The van der Waals surface area contributed by atoms with Crippen LogP contribution in [0.4, 0.5) is 0 Å². The number of β-amino-alcohol motifs (C(OH)–C–C–N with tert-alkyl or cyclic N) is 1. The van der Waals surface area contributed by atoms with Gasteiger partial charge in [0, 0.05) is 50.2 Å². The number of hydrogen-bond donors (Lipinski definition) is 1. The van der Waals surface area contributed by atoms with Gasteiger partial charge in [0.2, 0.25) is 0 Å². The SMILES string of the molecule is COc1ccccc1CN1CCN(CC(O)COc2cccc3ccccc23)CC1. The predicted molar refractivity (Wildman–Crippen MR) is 120 cm³/mol. The molecule has 30 heavy (non-hydrogen) atoms.